The molecule has 1 aliphatic heterocycles. The van der Waals surface area contributed by atoms with Crippen molar-refractivity contribution in [2.24, 2.45) is 0 Å². The van der Waals surface area contributed by atoms with Crippen LogP contribution in [0.2, 0.25) is 0 Å². The summed E-state index contributed by atoms with van der Waals surface area (Å²) < 4.78 is 38.3. The number of aryl methyl sites for hydroxylation is 1. The van der Waals surface area contributed by atoms with Gasteiger partial charge in [-0.15, -0.1) is 0 Å². The average molecular weight is 385 g/mol. The molecule has 0 aliphatic carbocycles. The molecule has 1 aliphatic rings. The minimum absolute atomic E-state index is 0.115. The van der Waals surface area contributed by atoms with Gasteiger partial charge in [-0.3, -0.25) is 4.79 Å². The summed E-state index contributed by atoms with van der Waals surface area (Å²) in [7, 11) is 1.38. The van der Waals surface area contributed by atoms with Crippen LogP contribution >= 0.6 is 0 Å². The van der Waals surface area contributed by atoms with Gasteiger partial charge in [0.2, 0.25) is 17.6 Å². The van der Waals surface area contributed by atoms with Gasteiger partial charge < -0.3 is 14.2 Å². The fraction of sp³-hybridized carbons (Fsp3) is 0.250. The maximum Gasteiger partial charge on any atom is 0.232 e. The van der Waals surface area contributed by atoms with Crippen LogP contribution in [0.4, 0.5) is 14.5 Å². The zero-order valence-corrected chi connectivity index (χ0v) is 15.3. The van der Waals surface area contributed by atoms with Crippen molar-refractivity contribution >= 4 is 11.6 Å². The van der Waals surface area contributed by atoms with Gasteiger partial charge in [-0.25, -0.2) is 8.78 Å². The molecule has 144 valence electrons. The van der Waals surface area contributed by atoms with Crippen molar-refractivity contribution in [3.63, 3.8) is 0 Å². The van der Waals surface area contributed by atoms with E-state index < -0.39 is 11.6 Å². The quantitative estimate of drug-likeness (QED) is 0.682. The van der Waals surface area contributed by atoms with Crippen molar-refractivity contribution in [3.8, 4) is 17.1 Å². The number of benzene rings is 2. The van der Waals surface area contributed by atoms with E-state index in [1.165, 1.54) is 30.2 Å². The summed E-state index contributed by atoms with van der Waals surface area (Å²) in [6.45, 7) is 2.07. The monoisotopic (exact) mass is 385 g/mol. The first-order chi connectivity index (χ1) is 13.5. The SMILES string of the molecule is COc1ccc(-c2noc(C3CC(=O)N(c4cc(C)ccc4F)C3)n2)cc1F. The maximum absolute atomic E-state index is 14.2. The van der Waals surface area contributed by atoms with Crippen LogP contribution in [0.5, 0.6) is 5.75 Å². The maximum atomic E-state index is 14.2. The van der Waals surface area contributed by atoms with Crippen molar-refractivity contribution < 1.29 is 22.8 Å². The summed E-state index contributed by atoms with van der Waals surface area (Å²) >= 11 is 0. The number of hydrogen-bond donors (Lipinski definition) is 0. The van der Waals surface area contributed by atoms with Gasteiger partial charge in [-0.2, -0.15) is 4.98 Å². The number of methoxy groups -OCH3 is 1. The highest BCUT2D eigenvalue weighted by Crippen LogP contribution is 2.34. The summed E-state index contributed by atoms with van der Waals surface area (Å²) in [5.74, 6) is -0.992. The minimum Gasteiger partial charge on any atom is -0.494 e. The molecule has 0 spiro atoms. The molecule has 1 unspecified atom stereocenters. The van der Waals surface area contributed by atoms with E-state index in [4.69, 9.17) is 9.26 Å². The van der Waals surface area contributed by atoms with Gasteiger partial charge in [0, 0.05) is 18.5 Å². The molecule has 1 aromatic heterocycles. The first-order valence-corrected chi connectivity index (χ1v) is 8.70. The van der Waals surface area contributed by atoms with E-state index in [-0.39, 0.29) is 47.9 Å². The number of anilines is 1. The lowest BCUT2D eigenvalue weighted by atomic mass is 10.1. The standard InChI is InChI=1S/C20H17F2N3O3/c1-11-3-5-14(21)16(7-11)25-10-13(9-18(25)26)20-23-19(24-28-20)12-4-6-17(27-2)15(22)8-12/h3-8,13H,9-10H2,1-2H3. The second kappa shape index (κ2) is 7.03. The highest BCUT2D eigenvalue weighted by atomic mass is 19.1. The van der Waals surface area contributed by atoms with Crippen LogP contribution in [0.3, 0.4) is 0 Å². The normalized spacial score (nSPS) is 16.6. The van der Waals surface area contributed by atoms with Crippen molar-refractivity contribution in [2.75, 3.05) is 18.6 Å². The Bertz CT molecular complexity index is 1050. The lowest BCUT2D eigenvalue weighted by Gasteiger charge is -2.17. The molecule has 2 heterocycles. The predicted octanol–water partition coefficient (Wildman–Crippen LogP) is 3.85. The van der Waals surface area contributed by atoms with Gasteiger partial charge in [-0.05, 0) is 42.8 Å². The molecule has 1 saturated heterocycles. The van der Waals surface area contributed by atoms with E-state index in [0.717, 1.165) is 5.56 Å². The van der Waals surface area contributed by atoms with Crippen LogP contribution in [0.25, 0.3) is 11.4 Å². The van der Waals surface area contributed by atoms with E-state index >= 15 is 0 Å². The Kier molecular flexibility index (Phi) is 4.54. The molecular weight excluding hydrogens is 368 g/mol. The number of amides is 1. The smallest absolute Gasteiger partial charge is 0.232 e. The molecule has 28 heavy (non-hydrogen) atoms. The van der Waals surface area contributed by atoms with Gasteiger partial charge >= 0.3 is 0 Å². The topological polar surface area (TPSA) is 68.5 Å². The molecule has 1 fully saturated rings. The lowest BCUT2D eigenvalue weighted by molar-refractivity contribution is -0.117. The second-order valence-corrected chi connectivity index (χ2v) is 6.67. The molecule has 2 aromatic carbocycles. The Balaban J connectivity index is 1.57. The first kappa shape index (κ1) is 18.1. The predicted molar refractivity (Wildman–Crippen MR) is 97.1 cm³/mol. The molecule has 0 N–H and O–H groups in total. The fourth-order valence-electron chi connectivity index (χ4n) is 3.26. The van der Waals surface area contributed by atoms with Crippen LogP contribution < -0.4 is 9.64 Å². The molecule has 0 saturated carbocycles. The second-order valence-electron chi connectivity index (χ2n) is 6.67. The zero-order chi connectivity index (χ0) is 19.8. The van der Waals surface area contributed by atoms with Crippen molar-refractivity contribution in [3.05, 3.63) is 59.5 Å². The number of carbonyl (C=O) groups is 1. The number of rotatable bonds is 4. The summed E-state index contributed by atoms with van der Waals surface area (Å²) in [6, 6.07) is 8.97. The first-order valence-electron chi connectivity index (χ1n) is 8.70. The summed E-state index contributed by atoms with van der Waals surface area (Å²) in [4.78, 5) is 18.1. The number of halogens is 2. The Morgan fingerprint density at radius 3 is 2.75 bits per heavy atom. The highest BCUT2D eigenvalue weighted by Gasteiger charge is 2.36. The van der Waals surface area contributed by atoms with Crippen molar-refractivity contribution in [1.29, 1.82) is 0 Å². The Morgan fingerprint density at radius 2 is 2.00 bits per heavy atom. The van der Waals surface area contributed by atoms with E-state index in [2.05, 4.69) is 10.1 Å². The van der Waals surface area contributed by atoms with Gasteiger partial charge in [0.1, 0.15) is 5.82 Å². The molecule has 1 atom stereocenters. The summed E-state index contributed by atoms with van der Waals surface area (Å²) in [5.41, 5.74) is 1.53. The molecule has 3 aromatic rings. The van der Waals surface area contributed by atoms with Crippen LogP contribution in [0.1, 0.15) is 23.8 Å². The molecule has 0 bridgehead atoms. The van der Waals surface area contributed by atoms with E-state index in [1.54, 1.807) is 18.2 Å². The molecule has 0 radical (unpaired) electrons. The Hall–Kier alpha value is -3.29. The molecule has 1 amide bonds. The molecule has 4 rings (SSSR count). The minimum atomic E-state index is -0.538. The van der Waals surface area contributed by atoms with Crippen LogP contribution in [-0.4, -0.2) is 29.7 Å². The summed E-state index contributed by atoms with van der Waals surface area (Å²) in [6.07, 6.45) is 0.131. The van der Waals surface area contributed by atoms with E-state index in [1.807, 2.05) is 6.92 Å². The largest absolute Gasteiger partial charge is 0.494 e. The van der Waals surface area contributed by atoms with Gasteiger partial charge in [0.15, 0.2) is 11.6 Å². The molecular formula is C20H17F2N3O3. The fourth-order valence-corrected chi connectivity index (χ4v) is 3.26. The van der Waals surface area contributed by atoms with Crippen LogP contribution in [0.15, 0.2) is 40.9 Å². The van der Waals surface area contributed by atoms with Gasteiger partial charge in [0.25, 0.3) is 0 Å². The van der Waals surface area contributed by atoms with Crippen LogP contribution in [0, 0.1) is 18.6 Å². The molecule has 8 heteroatoms. The van der Waals surface area contributed by atoms with Crippen molar-refractivity contribution in [2.45, 2.75) is 19.3 Å². The third kappa shape index (κ3) is 3.21. The summed E-state index contributed by atoms with van der Waals surface area (Å²) in [5, 5.41) is 3.88. The van der Waals surface area contributed by atoms with E-state index in [0.29, 0.717) is 5.56 Å². The Labute approximate surface area is 159 Å². The Morgan fingerprint density at radius 1 is 1.18 bits per heavy atom. The third-order valence-corrected chi connectivity index (χ3v) is 4.72. The molecule has 6 nitrogen and oxygen atoms in total. The van der Waals surface area contributed by atoms with Gasteiger partial charge in [0.05, 0.1) is 18.7 Å². The average Bonchev–Trinajstić information content (AvgIpc) is 3.30. The zero-order valence-electron chi connectivity index (χ0n) is 15.3. The number of carbonyl (C=O) groups excluding carboxylic acids is 1. The van der Waals surface area contributed by atoms with Gasteiger partial charge in [-0.1, -0.05) is 11.2 Å². The van der Waals surface area contributed by atoms with E-state index in [9.17, 15) is 13.6 Å². The van der Waals surface area contributed by atoms with Crippen molar-refractivity contribution in [1.82, 2.24) is 10.1 Å². The van der Waals surface area contributed by atoms with Crippen LogP contribution in [-0.2, 0) is 4.79 Å². The number of hydrogen-bond acceptors (Lipinski definition) is 5. The number of ether oxygens (including phenoxy) is 1. The number of nitrogens with zero attached hydrogens (tertiary/aromatic N) is 3. The lowest BCUT2D eigenvalue weighted by Crippen LogP contribution is -2.25. The third-order valence-electron chi connectivity index (χ3n) is 4.72. The highest BCUT2D eigenvalue weighted by molar-refractivity contribution is 5.96. The number of aromatic nitrogens is 2.